The molecular formula is C21H14BrCl2NO4S. The van der Waals surface area contributed by atoms with Crippen molar-refractivity contribution >= 4 is 66.3 Å². The Bertz CT molecular complexity index is 1230. The first-order valence-corrected chi connectivity index (χ1v) is 11.7. The van der Waals surface area contributed by atoms with Gasteiger partial charge in [-0.3, -0.25) is 9.59 Å². The molecule has 0 saturated carbocycles. The molecule has 0 unspecified atom stereocenters. The van der Waals surface area contributed by atoms with Crippen LogP contribution in [0.25, 0.3) is 0 Å². The van der Waals surface area contributed by atoms with Gasteiger partial charge in [-0.05, 0) is 54.6 Å². The van der Waals surface area contributed by atoms with E-state index in [2.05, 4.69) is 21.2 Å². The second kappa shape index (κ2) is 9.31. The number of amides is 1. The van der Waals surface area contributed by atoms with Gasteiger partial charge in [-0.1, -0.05) is 51.3 Å². The third-order valence-corrected chi connectivity index (χ3v) is 6.82. The van der Waals surface area contributed by atoms with E-state index in [0.717, 1.165) is 0 Å². The van der Waals surface area contributed by atoms with Gasteiger partial charge < -0.3 is 5.32 Å². The summed E-state index contributed by atoms with van der Waals surface area (Å²) in [6.45, 7) is 0. The van der Waals surface area contributed by atoms with Gasteiger partial charge in [0.1, 0.15) is 5.75 Å². The minimum absolute atomic E-state index is 0.0229. The fourth-order valence-corrected chi connectivity index (χ4v) is 4.53. The summed E-state index contributed by atoms with van der Waals surface area (Å²) in [6, 6.07) is 16.7. The molecule has 0 aliphatic rings. The molecule has 154 valence electrons. The number of halogens is 3. The molecule has 0 atom stereocenters. The van der Waals surface area contributed by atoms with Gasteiger partial charge >= 0.3 is 0 Å². The van der Waals surface area contributed by atoms with Gasteiger partial charge in [0.15, 0.2) is 15.6 Å². The lowest BCUT2D eigenvalue weighted by atomic mass is 10.0. The Labute approximate surface area is 192 Å². The van der Waals surface area contributed by atoms with Crippen LogP contribution in [-0.4, -0.2) is 25.9 Å². The Balaban J connectivity index is 1.86. The molecule has 0 bridgehead atoms. The summed E-state index contributed by atoms with van der Waals surface area (Å²) in [5, 5.41) is 3.17. The molecule has 30 heavy (non-hydrogen) atoms. The van der Waals surface area contributed by atoms with Gasteiger partial charge in [0.25, 0.3) is 0 Å². The van der Waals surface area contributed by atoms with E-state index >= 15 is 0 Å². The van der Waals surface area contributed by atoms with E-state index in [-0.39, 0.29) is 26.7 Å². The number of carbonyl (C=O) groups is 2. The molecule has 9 heteroatoms. The normalized spacial score (nSPS) is 11.2. The van der Waals surface area contributed by atoms with Gasteiger partial charge in [-0.25, -0.2) is 8.42 Å². The number of benzene rings is 3. The molecule has 0 aromatic heterocycles. The number of hydrogen-bond acceptors (Lipinski definition) is 4. The van der Waals surface area contributed by atoms with Gasteiger partial charge in [0.05, 0.1) is 15.6 Å². The molecule has 0 aliphatic heterocycles. The molecule has 0 spiro atoms. The Kier molecular flexibility index (Phi) is 6.98. The Hall–Kier alpha value is -2.19. The number of rotatable bonds is 6. The van der Waals surface area contributed by atoms with Crippen LogP contribution in [0.5, 0.6) is 0 Å². The van der Waals surface area contributed by atoms with Crippen LogP contribution in [0, 0.1) is 0 Å². The zero-order chi connectivity index (χ0) is 21.9. The summed E-state index contributed by atoms with van der Waals surface area (Å²) in [6.07, 6.45) is 0. The van der Waals surface area contributed by atoms with E-state index in [1.807, 2.05) is 0 Å². The molecule has 1 N–H and O–H groups in total. The fourth-order valence-electron chi connectivity index (χ4n) is 2.69. The smallest absolute Gasteiger partial charge is 0.239 e. The maximum absolute atomic E-state index is 13.0. The van der Waals surface area contributed by atoms with Crippen LogP contribution in [0.3, 0.4) is 0 Å². The molecule has 0 saturated heterocycles. The first-order chi connectivity index (χ1) is 14.2. The lowest BCUT2D eigenvalue weighted by molar-refractivity contribution is -0.113. The number of sulfone groups is 1. The average Bonchev–Trinajstić information content (AvgIpc) is 2.69. The number of ketones is 1. The van der Waals surface area contributed by atoms with Crippen LogP contribution in [0.15, 0.2) is 76.1 Å². The van der Waals surface area contributed by atoms with Crippen molar-refractivity contribution < 1.29 is 18.0 Å². The predicted molar refractivity (Wildman–Crippen MR) is 121 cm³/mol. The Morgan fingerprint density at radius 2 is 1.57 bits per heavy atom. The monoisotopic (exact) mass is 525 g/mol. The first kappa shape index (κ1) is 22.5. The maximum Gasteiger partial charge on any atom is 0.239 e. The largest absolute Gasteiger partial charge is 0.325 e. The zero-order valence-corrected chi connectivity index (χ0v) is 19.1. The molecule has 3 rings (SSSR count). The summed E-state index contributed by atoms with van der Waals surface area (Å²) in [7, 11) is -3.88. The molecule has 0 radical (unpaired) electrons. The topological polar surface area (TPSA) is 80.3 Å². The van der Waals surface area contributed by atoms with Crippen molar-refractivity contribution in [2.75, 3.05) is 11.1 Å². The Morgan fingerprint density at radius 1 is 0.900 bits per heavy atom. The molecule has 0 fully saturated rings. The molecule has 5 nitrogen and oxygen atoms in total. The molecule has 3 aromatic carbocycles. The minimum Gasteiger partial charge on any atom is -0.325 e. The summed E-state index contributed by atoms with van der Waals surface area (Å²) in [5.74, 6) is -1.97. The van der Waals surface area contributed by atoms with Gasteiger partial charge in [-0.15, -0.1) is 0 Å². The molecule has 3 aromatic rings. The van der Waals surface area contributed by atoms with E-state index in [1.54, 1.807) is 30.3 Å². The van der Waals surface area contributed by atoms with E-state index in [0.29, 0.717) is 9.50 Å². The second-order valence-corrected chi connectivity index (χ2v) is 10.0. The van der Waals surface area contributed by atoms with Crippen LogP contribution >= 0.6 is 39.1 Å². The summed E-state index contributed by atoms with van der Waals surface area (Å²) < 4.78 is 25.6. The predicted octanol–water partition coefficient (Wildman–Crippen LogP) is 5.40. The molecule has 1 amide bonds. The van der Waals surface area contributed by atoms with E-state index < -0.39 is 27.3 Å². The lowest BCUT2D eigenvalue weighted by Crippen LogP contribution is -2.24. The SMILES string of the molecule is O=C(CS(=O)(=O)c1ccc(Cl)cc1)Nc1ccc(Br)cc1C(=O)c1ccccc1Cl. The maximum atomic E-state index is 13.0. The van der Waals surface area contributed by atoms with Crippen molar-refractivity contribution in [2.45, 2.75) is 4.90 Å². The van der Waals surface area contributed by atoms with Crippen molar-refractivity contribution in [2.24, 2.45) is 0 Å². The average molecular weight is 527 g/mol. The quantitative estimate of drug-likeness (QED) is 0.436. The summed E-state index contributed by atoms with van der Waals surface area (Å²) in [4.78, 5) is 25.4. The number of carbonyl (C=O) groups excluding carboxylic acids is 2. The van der Waals surface area contributed by atoms with Gasteiger partial charge in [0.2, 0.25) is 5.91 Å². The summed E-state index contributed by atoms with van der Waals surface area (Å²) in [5.41, 5.74) is 0.621. The van der Waals surface area contributed by atoms with Crippen molar-refractivity contribution in [1.29, 1.82) is 0 Å². The van der Waals surface area contributed by atoms with Crippen molar-refractivity contribution in [3.63, 3.8) is 0 Å². The first-order valence-electron chi connectivity index (χ1n) is 8.54. The highest BCUT2D eigenvalue weighted by Gasteiger charge is 2.22. The standard InChI is InChI=1S/C21H14BrCl2NO4S/c22-13-5-10-19(17(11-13)21(27)16-3-1-2-4-18(16)24)25-20(26)12-30(28,29)15-8-6-14(23)7-9-15/h1-11H,12H2,(H,25,26). The minimum atomic E-state index is -3.88. The van der Waals surface area contributed by atoms with Gasteiger partial charge in [0, 0.05) is 20.6 Å². The molecule has 0 aliphatic carbocycles. The number of anilines is 1. The van der Waals surface area contributed by atoms with E-state index in [1.165, 1.54) is 36.4 Å². The lowest BCUT2D eigenvalue weighted by Gasteiger charge is -2.12. The van der Waals surface area contributed by atoms with Crippen LogP contribution in [-0.2, 0) is 14.6 Å². The van der Waals surface area contributed by atoms with Crippen LogP contribution in [0.2, 0.25) is 10.0 Å². The van der Waals surface area contributed by atoms with Crippen molar-refractivity contribution in [3.05, 3.63) is 92.4 Å². The van der Waals surface area contributed by atoms with Crippen molar-refractivity contribution in [1.82, 2.24) is 0 Å². The Morgan fingerprint density at radius 3 is 2.23 bits per heavy atom. The van der Waals surface area contributed by atoms with Crippen LogP contribution in [0.4, 0.5) is 5.69 Å². The summed E-state index contributed by atoms with van der Waals surface area (Å²) >= 11 is 15.2. The highest BCUT2D eigenvalue weighted by molar-refractivity contribution is 9.10. The fraction of sp³-hybridized carbons (Fsp3) is 0.0476. The number of nitrogens with one attached hydrogen (secondary N) is 1. The second-order valence-electron chi connectivity index (χ2n) is 6.26. The molecular weight excluding hydrogens is 513 g/mol. The van der Waals surface area contributed by atoms with Crippen LogP contribution < -0.4 is 5.32 Å². The third-order valence-electron chi connectivity index (χ3n) is 4.11. The number of hydrogen-bond donors (Lipinski definition) is 1. The van der Waals surface area contributed by atoms with Gasteiger partial charge in [-0.2, -0.15) is 0 Å². The zero-order valence-electron chi connectivity index (χ0n) is 15.2. The van der Waals surface area contributed by atoms with Crippen LogP contribution in [0.1, 0.15) is 15.9 Å². The van der Waals surface area contributed by atoms with E-state index in [4.69, 9.17) is 23.2 Å². The molecule has 0 heterocycles. The van der Waals surface area contributed by atoms with Crippen molar-refractivity contribution in [3.8, 4) is 0 Å². The third kappa shape index (κ3) is 5.29. The van der Waals surface area contributed by atoms with E-state index in [9.17, 15) is 18.0 Å². The highest BCUT2D eigenvalue weighted by atomic mass is 79.9. The highest BCUT2D eigenvalue weighted by Crippen LogP contribution is 2.27.